The van der Waals surface area contributed by atoms with Crippen LogP contribution in [0.4, 0.5) is 5.69 Å². The predicted octanol–water partition coefficient (Wildman–Crippen LogP) is 2.80. The lowest BCUT2D eigenvalue weighted by molar-refractivity contribution is 0.340. The van der Waals surface area contributed by atoms with Gasteiger partial charge >= 0.3 is 5.69 Å². The maximum atomic E-state index is 12.6. The number of unbranched alkanes of at least 4 members (excludes halogenated alkanes) is 1. The smallest absolute Gasteiger partial charge is 0.333 e. The van der Waals surface area contributed by atoms with Crippen molar-refractivity contribution < 1.29 is 9.84 Å². The number of thioether (sulfide) groups is 1. The highest BCUT2D eigenvalue weighted by molar-refractivity contribution is 8.14. The normalized spacial score (nSPS) is 11.6. The third-order valence-electron chi connectivity index (χ3n) is 3.96. The molecule has 0 fully saturated rings. The molecule has 0 aliphatic heterocycles. The van der Waals surface area contributed by atoms with Gasteiger partial charge < -0.3 is 9.84 Å². The Morgan fingerprint density at radius 1 is 1.15 bits per heavy atom. The molecule has 1 aromatic heterocycles. The maximum Gasteiger partial charge on any atom is 0.333 e. The minimum absolute atomic E-state index is 0.0367. The Balaban J connectivity index is 2.55. The van der Waals surface area contributed by atoms with Gasteiger partial charge in [0, 0.05) is 14.1 Å². The molecule has 0 saturated heterocycles. The third-order valence-corrected chi connectivity index (χ3v) is 5.02. The number of rotatable bonds is 7. The number of aromatic hydroxyl groups is 1. The fourth-order valence-electron chi connectivity index (χ4n) is 2.39. The first-order valence-electron chi connectivity index (χ1n) is 8.84. The molecule has 0 bridgehead atoms. The first-order chi connectivity index (χ1) is 12.9. The Morgan fingerprint density at radius 3 is 2.41 bits per heavy atom. The van der Waals surface area contributed by atoms with Crippen molar-refractivity contribution in [3.8, 4) is 11.6 Å². The fraction of sp³-hybridized carbons (Fsp3) is 0.421. The second-order valence-electron chi connectivity index (χ2n) is 5.95. The monoisotopic (exact) mass is 391 g/mol. The van der Waals surface area contributed by atoms with Crippen molar-refractivity contribution in [3.63, 3.8) is 0 Å². The van der Waals surface area contributed by atoms with Gasteiger partial charge in [0.1, 0.15) is 16.4 Å². The number of nitrogens with zero attached hydrogens (tertiary/aromatic N) is 3. The van der Waals surface area contributed by atoms with Crippen LogP contribution in [0.1, 0.15) is 32.3 Å². The van der Waals surface area contributed by atoms with E-state index in [1.165, 1.54) is 25.9 Å². The Kier molecular flexibility index (Phi) is 7.29. The molecule has 1 N–H and O–H groups in total. The van der Waals surface area contributed by atoms with Crippen molar-refractivity contribution >= 4 is 22.5 Å². The summed E-state index contributed by atoms with van der Waals surface area (Å²) in [5.41, 5.74) is -0.480. The van der Waals surface area contributed by atoms with Gasteiger partial charge in [0.05, 0.1) is 12.3 Å². The van der Waals surface area contributed by atoms with Crippen molar-refractivity contribution in [2.45, 2.75) is 26.7 Å². The van der Waals surface area contributed by atoms with Crippen LogP contribution in [0.3, 0.4) is 0 Å². The van der Waals surface area contributed by atoms with E-state index in [0.29, 0.717) is 17.3 Å². The van der Waals surface area contributed by atoms with Crippen LogP contribution in [0.5, 0.6) is 11.6 Å². The zero-order valence-electron chi connectivity index (χ0n) is 16.1. The average molecular weight is 391 g/mol. The molecular formula is C19H25N3O4S. The van der Waals surface area contributed by atoms with Gasteiger partial charge in [-0.25, -0.2) is 9.79 Å². The van der Waals surface area contributed by atoms with Crippen LogP contribution in [0, 0.1) is 0 Å². The Labute approximate surface area is 162 Å². The summed E-state index contributed by atoms with van der Waals surface area (Å²) in [7, 11) is 2.81. The first-order valence-corrected chi connectivity index (χ1v) is 9.82. The van der Waals surface area contributed by atoms with E-state index >= 15 is 0 Å². The van der Waals surface area contributed by atoms with E-state index in [-0.39, 0.29) is 11.4 Å². The lowest BCUT2D eigenvalue weighted by Gasteiger charge is -2.12. The largest absolute Gasteiger partial charge is 0.494 e. The second-order valence-corrected chi connectivity index (χ2v) is 7.03. The Morgan fingerprint density at radius 2 is 1.81 bits per heavy atom. The van der Waals surface area contributed by atoms with Crippen molar-refractivity contribution in [1.29, 1.82) is 0 Å². The van der Waals surface area contributed by atoms with E-state index in [0.717, 1.165) is 33.5 Å². The Bertz CT molecular complexity index is 930. The molecule has 0 unspecified atom stereocenters. The minimum atomic E-state index is -0.583. The van der Waals surface area contributed by atoms with Gasteiger partial charge in [-0.1, -0.05) is 13.3 Å². The molecule has 7 nitrogen and oxygen atoms in total. The van der Waals surface area contributed by atoms with Crippen LogP contribution in [0.25, 0.3) is 0 Å². The van der Waals surface area contributed by atoms with Crippen LogP contribution in [0.2, 0.25) is 0 Å². The van der Waals surface area contributed by atoms with E-state index in [1.807, 2.05) is 6.92 Å². The summed E-state index contributed by atoms with van der Waals surface area (Å²) >= 11 is 1.39. The van der Waals surface area contributed by atoms with Crippen LogP contribution in [0.15, 0.2) is 38.8 Å². The van der Waals surface area contributed by atoms with Crippen LogP contribution in [-0.4, -0.2) is 31.6 Å². The van der Waals surface area contributed by atoms with Crippen molar-refractivity contribution in [1.82, 2.24) is 9.13 Å². The highest BCUT2D eigenvalue weighted by Crippen LogP contribution is 2.25. The molecule has 1 aromatic carbocycles. The molecule has 0 saturated carbocycles. The van der Waals surface area contributed by atoms with Crippen molar-refractivity contribution in [2.75, 3.05) is 12.4 Å². The van der Waals surface area contributed by atoms with Gasteiger partial charge in [-0.05, 0) is 43.4 Å². The van der Waals surface area contributed by atoms with Gasteiger partial charge in [0.15, 0.2) is 0 Å². The van der Waals surface area contributed by atoms with E-state index in [4.69, 9.17) is 4.74 Å². The summed E-state index contributed by atoms with van der Waals surface area (Å²) in [4.78, 5) is 29.2. The predicted molar refractivity (Wildman–Crippen MR) is 110 cm³/mol. The molecular weight excluding hydrogens is 366 g/mol. The van der Waals surface area contributed by atoms with Gasteiger partial charge in [-0.3, -0.25) is 13.9 Å². The highest BCUT2D eigenvalue weighted by Gasteiger charge is 2.20. The molecule has 2 rings (SSSR count). The summed E-state index contributed by atoms with van der Waals surface area (Å²) in [6, 6.07) is 7.18. The molecule has 146 valence electrons. The quantitative estimate of drug-likeness (QED) is 0.446. The van der Waals surface area contributed by atoms with E-state index in [9.17, 15) is 14.7 Å². The van der Waals surface area contributed by atoms with Gasteiger partial charge in [0.2, 0.25) is 5.88 Å². The molecule has 0 aliphatic rings. The summed E-state index contributed by atoms with van der Waals surface area (Å²) in [6.07, 6.45) is 1.94. The lowest BCUT2D eigenvalue weighted by Crippen LogP contribution is -2.39. The van der Waals surface area contributed by atoms with E-state index in [1.54, 1.807) is 24.3 Å². The van der Waals surface area contributed by atoms with Crippen LogP contribution >= 0.6 is 11.8 Å². The molecule has 1 heterocycles. The standard InChI is InChI=1S/C19H25N3O4S/c1-5-7-12-27-16(20-13-8-10-14(11-9-13)26-6-2)15-17(23)21(3)19(25)22(4)18(15)24/h8-11,23H,5-7,12H2,1-4H3. The SMILES string of the molecule is CCCCSC(=Nc1ccc(OCC)cc1)c1c(O)n(C)c(=O)n(C)c1=O. The molecule has 0 atom stereocenters. The highest BCUT2D eigenvalue weighted by atomic mass is 32.2. The molecule has 0 spiro atoms. The number of hydrogen-bond acceptors (Lipinski definition) is 6. The lowest BCUT2D eigenvalue weighted by atomic mass is 10.3. The molecule has 27 heavy (non-hydrogen) atoms. The second kappa shape index (κ2) is 9.45. The number of aromatic nitrogens is 2. The minimum Gasteiger partial charge on any atom is -0.494 e. The molecule has 0 aliphatic carbocycles. The van der Waals surface area contributed by atoms with E-state index < -0.39 is 11.2 Å². The zero-order chi connectivity index (χ0) is 20.0. The summed E-state index contributed by atoms with van der Waals surface area (Å²) in [5, 5.41) is 10.8. The van der Waals surface area contributed by atoms with Gasteiger partial charge in [-0.2, -0.15) is 0 Å². The molecule has 0 amide bonds. The van der Waals surface area contributed by atoms with Crippen molar-refractivity contribution in [2.24, 2.45) is 19.1 Å². The van der Waals surface area contributed by atoms with Crippen LogP contribution < -0.4 is 16.0 Å². The fourth-order valence-corrected chi connectivity index (χ4v) is 3.51. The number of hydrogen-bond donors (Lipinski definition) is 1. The van der Waals surface area contributed by atoms with Crippen LogP contribution in [-0.2, 0) is 14.1 Å². The van der Waals surface area contributed by atoms with Gasteiger partial charge in [-0.15, -0.1) is 11.8 Å². The molecule has 0 radical (unpaired) electrons. The number of ether oxygens (including phenoxy) is 1. The zero-order valence-corrected chi connectivity index (χ0v) is 16.9. The Hall–Kier alpha value is -2.48. The summed E-state index contributed by atoms with van der Waals surface area (Å²) in [5.74, 6) is 1.10. The van der Waals surface area contributed by atoms with Crippen molar-refractivity contribution in [3.05, 3.63) is 50.7 Å². The third kappa shape index (κ3) is 4.82. The number of aliphatic imine (C=N–C) groups is 1. The summed E-state index contributed by atoms with van der Waals surface area (Å²) < 4.78 is 7.45. The molecule has 8 heteroatoms. The van der Waals surface area contributed by atoms with E-state index in [2.05, 4.69) is 11.9 Å². The molecule has 2 aromatic rings. The maximum absolute atomic E-state index is 12.6. The number of benzene rings is 1. The first kappa shape index (κ1) is 20.8. The van der Waals surface area contributed by atoms with Gasteiger partial charge in [0.25, 0.3) is 5.56 Å². The topological polar surface area (TPSA) is 85.8 Å². The summed E-state index contributed by atoms with van der Waals surface area (Å²) in [6.45, 7) is 4.56. The average Bonchev–Trinajstić information content (AvgIpc) is 2.66.